The molecule has 0 saturated heterocycles. The maximum absolute atomic E-state index is 9.16. The SMILES string of the molecule is N#CC(=CNc1cccc(OCCCc2ccccc2)c1)c1nn[nH]n1. The molecule has 0 aliphatic heterocycles. The second-order valence-corrected chi connectivity index (χ2v) is 5.52. The summed E-state index contributed by atoms with van der Waals surface area (Å²) in [5.74, 6) is 1.02. The number of anilines is 1. The van der Waals surface area contributed by atoms with Crippen LogP contribution in [0.3, 0.4) is 0 Å². The normalized spacial score (nSPS) is 11.0. The monoisotopic (exact) mass is 346 g/mol. The Bertz CT molecular complexity index is 884. The molecule has 7 nitrogen and oxygen atoms in total. The van der Waals surface area contributed by atoms with E-state index in [2.05, 4.69) is 38.1 Å². The van der Waals surface area contributed by atoms with Gasteiger partial charge in [-0.3, -0.25) is 0 Å². The number of aryl methyl sites for hydroxylation is 1. The van der Waals surface area contributed by atoms with Crippen molar-refractivity contribution in [2.75, 3.05) is 11.9 Å². The topological polar surface area (TPSA) is 99.5 Å². The molecule has 0 fully saturated rings. The molecule has 2 N–H and O–H groups in total. The van der Waals surface area contributed by atoms with Crippen LogP contribution in [0.25, 0.3) is 5.57 Å². The fourth-order valence-electron chi connectivity index (χ4n) is 2.36. The summed E-state index contributed by atoms with van der Waals surface area (Å²) >= 11 is 0. The highest BCUT2D eigenvalue weighted by molar-refractivity contribution is 5.74. The number of nitriles is 1. The second kappa shape index (κ2) is 8.99. The van der Waals surface area contributed by atoms with E-state index in [1.165, 1.54) is 5.56 Å². The third-order valence-corrected chi connectivity index (χ3v) is 3.65. The second-order valence-electron chi connectivity index (χ2n) is 5.52. The van der Waals surface area contributed by atoms with E-state index in [0.29, 0.717) is 6.61 Å². The molecule has 1 aromatic heterocycles. The van der Waals surface area contributed by atoms with Gasteiger partial charge in [0.1, 0.15) is 17.4 Å². The predicted octanol–water partition coefficient (Wildman–Crippen LogP) is 3.19. The Labute approximate surface area is 151 Å². The van der Waals surface area contributed by atoms with Crippen molar-refractivity contribution in [3.8, 4) is 11.8 Å². The van der Waals surface area contributed by atoms with Gasteiger partial charge in [0.05, 0.1) is 6.61 Å². The molecule has 0 aliphatic rings. The molecule has 7 heteroatoms. The van der Waals surface area contributed by atoms with E-state index in [1.54, 1.807) is 6.20 Å². The van der Waals surface area contributed by atoms with Crippen molar-refractivity contribution in [3.05, 3.63) is 72.2 Å². The highest BCUT2D eigenvalue weighted by Crippen LogP contribution is 2.18. The lowest BCUT2D eigenvalue weighted by atomic mass is 10.1. The zero-order valence-corrected chi connectivity index (χ0v) is 14.1. The fourth-order valence-corrected chi connectivity index (χ4v) is 2.36. The Hall–Kier alpha value is -3.66. The first kappa shape index (κ1) is 17.2. The molecule has 0 saturated carbocycles. The van der Waals surface area contributed by atoms with Gasteiger partial charge in [0, 0.05) is 18.0 Å². The molecule has 0 spiro atoms. The zero-order chi connectivity index (χ0) is 18.0. The Morgan fingerprint density at radius 1 is 1.19 bits per heavy atom. The van der Waals surface area contributed by atoms with E-state index >= 15 is 0 Å². The van der Waals surface area contributed by atoms with Gasteiger partial charge in [0.25, 0.3) is 0 Å². The summed E-state index contributed by atoms with van der Waals surface area (Å²) in [4.78, 5) is 0. The van der Waals surface area contributed by atoms with Crippen LogP contribution in [-0.2, 0) is 6.42 Å². The third kappa shape index (κ3) is 4.92. The largest absolute Gasteiger partial charge is 0.494 e. The first-order chi connectivity index (χ1) is 12.8. The molecule has 0 unspecified atom stereocenters. The molecule has 0 bridgehead atoms. The lowest BCUT2D eigenvalue weighted by molar-refractivity contribution is 0.311. The van der Waals surface area contributed by atoms with Crippen molar-refractivity contribution < 1.29 is 4.74 Å². The summed E-state index contributed by atoms with van der Waals surface area (Å²) < 4.78 is 5.81. The number of allylic oxidation sites excluding steroid dienone is 1. The molecule has 130 valence electrons. The number of hydrogen-bond donors (Lipinski definition) is 2. The first-order valence-electron chi connectivity index (χ1n) is 8.22. The summed E-state index contributed by atoms with van der Waals surface area (Å²) in [5, 5.41) is 25.6. The zero-order valence-electron chi connectivity index (χ0n) is 14.1. The molecular weight excluding hydrogens is 328 g/mol. The Morgan fingerprint density at radius 3 is 2.85 bits per heavy atom. The van der Waals surface area contributed by atoms with Crippen LogP contribution in [0, 0.1) is 11.3 Å². The summed E-state index contributed by atoms with van der Waals surface area (Å²) in [5.41, 5.74) is 2.40. The number of H-pyrrole nitrogens is 1. The third-order valence-electron chi connectivity index (χ3n) is 3.65. The highest BCUT2D eigenvalue weighted by Gasteiger charge is 2.05. The van der Waals surface area contributed by atoms with Crippen LogP contribution < -0.4 is 10.1 Å². The lowest BCUT2D eigenvalue weighted by Crippen LogP contribution is -2.00. The number of ether oxygens (including phenoxy) is 1. The van der Waals surface area contributed by atoms with Gasteiger partial charge in [0.2, 0.25) is 5.82 Å². The first-order valence-corrected chi connectivity index (χ1v) is 8.22. The van der Waals surface area contributed by atoms with Crippen molar-refractivity contribution in [1.82, 2.24) is 20.6 Å². The maximum atomic E-state index is 9.16. The number of hydrogen-bond acceptors (Lipinski definition) is 6. The number of nitrogens with one attached hydrogen (secondary N) is 2. The van der Waals surface area contributed by atoms with Gasteiger partial charge < -0.3 is 10.1 Å². The molecule has 0 radical (unpaired) electrons. The average Bonchev–Trinajstić information content (AvgIpc) is 3.22. The number of aromatic amines is 1. The number of aromatic nitrogens is 4. The molecule has 26 heavy (non-hydrogen) atoms. The van der Waals surface area contributed by atoms with E-state index in [1.807, 2.05) is 48.5 Å². The molecule has 3 rings (SSSR count). The molecule has 2 aromatic carbocycles. The molecular formula is C19H18N6O. The van der Waals surface area contributed by atoms with Crippen LogP contribution >= 0.6 is 0 Å². The van der Waals surface area contributed by atoms with Gasteiger partial charge in [-0.25, -0.2) is 0 Å². The lowest BCUT2D eigenvalue weighted by Gasteiger charge is -2.08. The van der Waals surface area contributed by atoms with Crippen LogP contribution in [0.2, 0.25) is 0 Å². The van der Waals surface area contributed by atoms with Crippen molar-refractivity contribution in [2.45, 2.75) is 12.8 Å². The van der Waals surface area contributed by atoms with E-state index in [0.717, 1.165) is 24.3 Å². The van der Waals surface area contributed by atoms with Crippen molar-refractivity contribution in [3.63, 3.8) is 0 Å². The Morgan fingerprint density at radius 2 is 2.08 bits per heavy atom. The van der Waals surface area contributed by atoms with Crippen molar-refractivity contribution >= 4 is 11.3 Å². The summed E-state index contributed by atoms with van der Waals surface area (Å²) in [6.07, 6.45) is 3.47. The van der Waals surface area contributed by atoms with Crippen LogP contribution in [0.4, 0.5) is 5.69 Å². The summed E-state index contributed by atoms with van der Waals surface area (Å²) in [6, 6.07) is 19.9. The van der Waals surface area contributed by atoms with Crippen LogP contribution in [0.1, 0.15) is 17.8 Å². The molecule has 0 aliphatic carbocycles. The number of nitrogens with zero attached hydrogens (tertiary/aromatic N) is 4. The minimum Gasteiger partial charge on any atom is -0.494 e. The number of rotatable bonds is 8. The van der Waals surface area contributed by atoms with E-state index in [-0.39, 0.29) is 11.4 Å². The van der Waals surface area contributed by atoms with Crippen LogP contribution in [0.15, 0.2) is 60.8 Å². The molecule has 3 aromatic rings. The molecule has 1 heterocycles. The van der Waals surface area contributed by atoms with Gasteiger partial charge in [-0.15, -0.1) is 10.2 Å². The quantitative estimate of drug-likeness (QED) is 0.480. The summed E-state index contributed by atoms with van der Waals surface area (Å²) in [6.45, 7) is 0.639. The standard InChI is InChI=1S/C19H18N6O/c20-13-16(19-22-24-25-23-19)14-21-17-9-4-10-18(12-17)26-11-5-8-15-6-2-1-3-7-15/h1-4,6-7,9-10,12,14,21H,5,8,11H2,(H,22,23,24,25). The van der Waals surface area contributed by atoms with Crippen LogP contribution in [-0.4, -0.2) is 27.2 Å². The minimum atomic E-state index is 0.244. The van der Waals surface area contributed by atoms with Crippen molar-refractivity contribution in [1.29, 1.82) is 5.26 Å². The van der Waals surface area contributed by atoms with E-state index in [4.69, 9.17) is 10.00 Å². The fraction of sp³-hybridized carbons (Fsp3) is 0.158. The van der Waals surface area contributed by atoms with Gasteiger partial charge in [-0.05, 0) is 35.8 Å². The predicted molar refractivity (Wildman–Crippen MR) is 98.1 cm³/mol. The average molecular weight is 346 g/mol. The van der Waals surface area contributed by atoms with Gasteiger partial charge in [-0.2, -0.15) is 10.5 Å². The van der Waals surface area contributed by atoms with Crippen molar-refractivity contribution in [2.24, 2.45) is 0 Å². The number of benzene rings is 2. The van der Waals surface area contributed by atoms with Gasteiger partial charge in [0.15, 0.2) is 0 Å². The molecule has 0 atom stereocenters. The maximum Gasteiger partial charge on any atom is 0.216 e. The Balaban J connectivity index is 1.52. The molecule has 0 amide bonds. The highest BCUT2D eigenvalue weighted by atomic mass is 16.5. The minimum absolute atomic E-state index is 0.244. The van der Waals surface area contributed by atoms with Gasteiger partial charge >= 0.3 is 0 Å². The van der Waals surface area contributed by atoms with Gasteiger partial charge in [-0.1, -0.05) is 36.4 Å². The van der Waals surface area contributed by atoms with E-state index in [9.17, 15) is 0 Å². The summed E-state index contributed by atoms with van der Waals surface area (Å²) in [7, 11) is 0. The smallest absolute Gasteiger partial charge is 0.216 e. The van der Waals surface area contributed by atoms with E-state index < -0.39 is 0 Å². The number of tetrazole rings is 1. The Kier molecular flexibility index (Phi) is 5.94. The van der Waals surface area contributed by atoms with Crippen LogP contribution in [0.5, 0.6) is 5.75 Å².